The Morgan fingerprint density at radius 1 is 1.10 bits per heavy atom. The van der Waals surface area contributed by atoms with Crippen LogP contribution in [0.5, 0.6) is 0 Å². The van der Waals surface area contributed by atoms with Crippen LogP contribution in [0.25, 0.3) is 5.65 Å². The Morgan fingerprint density at radius 3 is 2.87 bits per heavy atom. The number of nitrogens with one attached hydrogen (secondary N) is 1. The molecular weight excluding hydrogens is 383 g/mol. The van der Waals surface area contributed by atoms with Gasteiger partial charge in [-0.15, -0.1) is 5.10 Å². The first-order chi connectivity index (χ1) is 14.6. The summed E-state index contributed by atoms with van der Waals surface area (Å²) in [6, 6.07) is 11.6. The summed E-state index contributed by atoms with van der Waals surface area (Å²) < 4.78 is 14.8. The molecule has 0 radical (unpaired) electrons. The summed E-state index contributed by atoms with van der Waals surface area (Å²) in [6.45, 7) is 3.34. The van der Waals surface area contributed by atoms with E-state index in [1.165, 1.54) is 28.9 Å². The summed E-state index contributed by atoms with van der Waals surface area (Å²) in [6.07, 6.45) is 4.04. The number of pyridine rings is 1. The number of aryl methyl sites for hydroxylation is 1. The van der Waals surface area contributed by atoms with Crippen LogP contribution in [-0.2, 0) is 13.0 Å². The van der Waals surface area contributed by atoms with Gasteiger partial charge in [-0.25, -0.2) is 9.37 Å². The van der Waals surface area contributed by atoms with E-state index < -0.39 is 0 Å². The minimum absolute atomic E-state index is 0.207. The number of nitrogens with zero attached hydrogens (tertiary/aromatic N) is 5. The maximum atomic E-state index is 13.5. The van der Waals surface area contributed by atoms with Gasteiger partial charge in [0.2, 0.25) is 0 Å². The highest BCUT2D eigenvalue weighted by atomic mass is 19.1. The number of anilines is 3. The van der Waals surface area contributed by atoms with Gasteiger partial charge in [0, 0.05) is 43.2 Å². The Kier molecular flexibility index (Phi) is 4.39. The van der Waals surface area contributed by atoms with Gasteiger partial charge < -0.3 is 10.2 Å². The minimum atomic E-state index is -0.292. The quantitative estimate of drug-likeness (QED) is 0.567. The van der Waals surface area contributed by atoms with Gasteiger partial charge in [0.1, 0.15) is 5.82 Å². The Morgan fingerprint density at radius 2 is 2.00 bits per heavy atom. The number of rotatable bonds is 3. The molecule has 1 aliphatic heterocycles. The molecule has 30 heavy (non-hydrogen) atoms. The Hall–Kier alpha value is -3.81. The molecule has 1 N–H and O–H groups in total. The first kappa shape index (κ1) is 18.2. The highest BCUT2D eigenvalue weighted by molar-refractivity contribution is 5.61. The average molecular weight is 402 g/mol. The fourth-order valence-electron chi connectivity index (χ4n) is 3.77. The van der Waals surface area contributed by atoms with E-state index in [9.17, 15) is 9.18 Å². The Balaban J connectivity index is 1.46. The molecule has 0 amide bonds. The van der Waals surface area contributed by atoms with Crippen LogP contribution in [0.3, 0.4) is 0 Å². The second kappa shape index (κ2) is 7.22. The van der Waals surface area contributed by atoms with Crippen molar-refractivity contribution < 1.29 is 4.39 Å². The molecule has 0 saturated carbocycles. The molecule has 0 fully saturated rings. The van der Waals surface area contributed by atoms with Crippen molar-refractivity contribution in [1.29, 1.82) is 0 Å². The molecule has 0 aliphatic carbocycles. The lowest BCUT2D eigenvalue weighted by Gasteiger charge is -2.30. The summed E-state index contributed by atoms with van der Waals surface area (Å²) in [5.41, 5.74) is 4.86. The summed E-state index contributed by atoms with van der Waals surface area (Å²) in [7, 11) is 0. The van der Waals surface area contributed by atoms with Crippen molar-refractivity contribution in [2.24, 2.45) is 0 Å². The molecule has 4 heterocycles. The van der Waals surface area contributed by atoms with Crippen molar-refractivity contribution in [3.63, 3.8) is 0 Å². The summed E-state index contributed by atoms with van der Waals surface area (Å²) in [4.78, 5) is 23.1. The van der Waals surface area contributed by atoms with Gasteiger partial charge >= 0.3 is 0 Å². The third-order valence-corrected chi connectivity index (χ3v) is 5.20. The molecular formula is C22H19FN6O. The zero-order valence-corrected chi connectivity index (χ0v) is 16.3. The molecule has 4 aromatic rings. The normalized spacial score (nSPS) is 13.3. The first-order valence-electron chi connectivity index (χ1n) is 9.68. The molecule has 0 spiro atoms. The second-order valence-electron chi connectivity index (χ2n) is 7.34. The van der Waals surface area contributed by atoms with E-state index in [-0.39, 0.29) is 11.4 Å². The van der Waals surface area contributed by atoms with Crippen LogP contribution < -0.4 is 15.8 Å². The van der Waals surface area contributed by atoms with Gasteiger partial charge in [-0.3, -0.25) is 9.78 Å². The van der Waals surface area contributed by atoms with Crippen molar-refractivity contribution in [1.82, 2.24) is 19.6 Å². The minimum Gasteiger partial charge on any atom is -0.354 e. The molecule has 1 aromatic carbocycles. The van der Waals surface area contributed by atoms with Crippen molar-refractivity contribution >= 4 is 22.8 Å². The van der Waals surface area contributed by atoms with Gasteiger partial charge in [-0.05, 0) is 48.4 Å². The second-order valence-corrected chi connectivity index (χ2v) is 7.34. The van der Waals surface area contributed by atoms with E-state index in [1.807, 2.05) is 25.1 Å². The smallest absolute Gasteiger partial charge is 0.274 e. The number of hydrogen-bond acceptors (Lipinski definition) is 6. The van der Waals surface area contributed by atoms with Crippen LogP contribution in [0, 0.1) is 12.7 Å². The molecule has 1 aliphatic rings. The van der Waals surface area contributed by atoms with E-state index in [0.717, 1.165) is 41.3 Å². The maximum absolute atomic E-state index is 13.5. The number of fused-ring (bicyclic) bond motifs is 2. The van der Waals surface area contributed by atoms with Gasteiger partial charge in [0.25, 0.3) is 5.56 Å². The number of hydrogen-bond donors (Lipinski definition) is 1. The largest absolute Gasteiger partial charge is 0.354 e. The SMILES string of the molecule is Cc1cc2nccc(=O)n2nc1N1CCc2ncc(Nc3cccc(F)c3)cc2C1. The number of benzene rings is 1. The number of aromatic nitrogens is 4. The van der Waals surface area contributed by atoms with Crippen molar-refractivity contribution in [2.75, 3.05) is 16.8 Å². The van der Waals surface area contributed by atoms with Gasteiger partial charge in [0.15, 0.2) is 11.5 Å². The van der Waals surface area contributed by atoms with Crippen LogP contribution in [0.15, 0.2) is 59.7 Å². The van der Waals surface area contributed by atoms with E-state index in [0.29, 0.717) is 17.9 Å². The van der Waals surface area contributed by atoms with Crippen LogP contribution in [-0.4, -0.2) is 26.1 Å². The lowest BCUT2D eigenvalue weighted by molar-refractivity contribution is 0.628. The molecule has 3 aromatic heterocycles. The van der Waals surface area contributed by atoms with Crippen molar-refractivity contribution in [3.05, 3.63) is 87.9 Å². The average Bonchev–Trinajstić information content (AvgIpc) is 2.73. The number of halogens is 1. The summed E-state index contributed by atoms with van der Waals surface area (Å²) in [5.74, 6) is 0.464. The molecule has 0 saturated heterocycles. The fourth-order valence-corrected chi connectivity index (χ4v) is 3.77. The fraction of sp³-hybridized carbons (Fsp3) is 0.182. The molecule has 150 valence electrons. The third-order valence-electron chi connectivity index (χ3n) is 5.20. The zero-order chi connectivity index (χ0) is 20.7. The van der Waals surface area contributed by atoms with Gasteiger partial charge in [-0.2, -0.15) is 4.52 Å². The van der Waals surface area contributed by atoms with Gasteiger partial charge in [-0.1, -0.05) is 6.07 Å². The molecule has 7 nitrogen and oxygen atoms in total. The standard InChI is InChI=1S/C22H19FN6O/c1-14-9-20-24-7-5-21(30)29(20)27-22(14)28-8-6-19-15(13-28)10-18(12-25-19)26-17-4-2-3-16(23)11-17/h2-5,7,9-12,26H,6,8,13H2,1H3. The van der Waals surface area contributed by atoms with Crippen LogP contribution in [0.4, 0.5) is 21.6 Å². The van der Waals surface area contributed by atoms with E-state index in [4.69, 9.17) is 0 Å². The molecule has 0 bridgehead atoms. The molecule has 8 heteroatoms. The van der Waals surface area contributed by atoms with E-state index >= 15 is 0 Å². The van der Waals surface area contributed by atoms with Crippen LogP contribution >= 0.6 is 0 Å². The van der Waals surface area contributed by atoms with Crippen molar-refractivity contribution in [3.8, 4) is 0 Å². The lowest BCUT2D eigenvalue weighted by Crippen LogP contribution is -2.33. The first-order valence-corrected chi connectivity index (χ1v) is 9.68. The van der Waals surface area contributed by atoms with Gasteiger partial charge in [0.05, 0.1) is 11.9 Å². The zero-order valence-electron chi connectivity index (χ0n) is 16.3. The maximum Gasteiger partial charge on any atom is 0.274 e. The lowest BCUT2D eigenvalue weighted by atomic mass is 10.0. The third kappa shape index (κ3) is 3.36. The monoisotopic (exact) mass is 402 g/mol. The Labute approximate surface area is 171 Å². The predicted molar refractivity (Wildman–Crippen MR) is 113 cm³/mol. The highest BCUT2D eigenvalue weighted by Crippen LogP contribution is 2.27. The van der Waals surface area contributed by atoms with Crippen LogP contribution in [0.2, 0.25) is 0 Å². The molecule has 0 unspecified atom stereocenters. The summed E-state index contributed by atoms with van der Waals surface area (Å²) in [5, 5.41) is 7.76. The Bertz CT molecular complexity index is 1320. The van der Waals surface area contributed by atoms with E-state index in [2.05, 4.69) is 25.3 Å². The topological polar surface area (TPSA) is 75.4 Å². The summed E-state index contributed by atoms with van der Waals surface area (Å²) >= 11 is 0. The van der Waals surface area contributed by atoms with Crippen molar-refractivity contribution in [2.45, 2.75) is 19.9 Å². The van der Waals surface area contributed by atoms with Crippen LogP contribution in [0.1, 0.15) is 16.8 Å². The van der Waals surface area contributed by atoms with E-state index in [1.54, 1.807) is 12.3 Å². The molecule has 0 atom stereocenters. The predicted octanol–water partition coefficient (Wildman–Crippen LogP) is 3.24. The highest BCUT2D eigenvalue weighted by Gasteiger charge is 2.21. The molecule has 5 rings (SSSR count).